The van der Waals surface area contributed by atoms with Gasteiger partial charge in [0.25, 0.3) is 0 Å². The Labute approximate surface area is 128 Å². The van der Waals surface area contributed by atoms with Gasteiger partial charge >= 0.3 is 5.97 Å². The number of rotatable bonds is 5. The van der Waals surface area contributed by atoms with Crippen LogP contribution >= 0.6 is 0 Å². The maximum atomic E-state index is 11.4. The number of benzene rings is 1. The summed E-state index contributed by atoms with van der Waals surface area (Å²) in [6.07, 6.45) is 1.13. The molecule has 0 radical (unpaired) electrons. The normalized spacial score (nSPS) is 13.9. The molecule has 0 spiro atoms. The molecule has 0 aliphatic rings. The molecule has 0 bridgehead atoms. The Bertz CT molecular complexity index is 469. The standard InChI is InChI=1S/C18H29NO2/c1-17(2,3)14-9-7-13(8-10-14)15(19)11-18(4,5)12-16(20)21-6/h7-10,15H,11-12,19H2,1-6H3. The molecule has 118 valence electrons. The number of methoxy groups -OCH3 is 1. The van der Waals surface area contributed by atoms with Crippen molar-refractivity contribution in [3.63, 3.8) is 0 Å². The molecule has 3 heteroatoms. The highest BCUT2D eigenvalue weighted by Crippen LogP contribution is 2.32. The average molecular weight is 291 g/mol. The molecular formula is C18H29NO2. The maximum Gasteiger partial charge on any atom is 0.306 e. The highest BCUT2D eigenvalue weighted by Gasteiger charge is 2.26. The molecule has 1 aromatic carbocycles. The molecule has 0 fully saturated rings. The third-order valence-corrected chi connectivity index (χ3v) is 3.83. The Hall–Kier alpha value is -1.35. The Balaban J connectivity index is 2.75. The highest BCUT2D eigenvalue weighted by atomic mass is 16.5. The molecule has 1 atom stereocenters. The van der Waals surface area contributed by atoms with Gasteiger partial charge in [0.2, 0.25) is 0 Å². The van der Waals surface area contributed by atoms with E-state index in [4.69, 9.17) is 10.5 Å². The van der Waals surface area contributed by atoms with E-state index < -0.39 is 0 Å². The minimum Gasteiger partial charge on any atom is -0.469 e. The third-order valence-electron chi connectivity index (χ3n) is 3.83. The first kappa shape index (κ1) is 17.7. The van der Waals surface area contributed by atoms with Crippen molar-refractivity contribution in [2.75, 3.05) is 7.11 Å². The second-order valence-electron chi connectivity index (χ2n) is 7.60. The van der Waals surface area contributed by atoms with E-state index in [0.717, 1.165) is 12.0 Å². The van der Waals surface area contributed by atoms with Crippen LogP contribution in [0.2, 0.25) is 0 Å². The quantitative estimate of drug-likeness (QED) is 0.835. The molecule has 2 N–H and O–H groups in total. The molecule has 21 heavy (non-hydrogen) atoms. The van der Waals surface area contributed by atoms with Crippen LogP contribution < -0.4 is 5.73 Å². The summed E-state index contributed by atoms with van der Waals surface area (Å²) in [5, 5.41) is 0. The zero-order chi connectivity index (χ0) is 16.3. The van der Waals surface area contributed by atoms with Gasteiger partial charge in [-0.25, -0.2) is 0 Å². The van der Waals surface area contributed by atoms with Crippen LogP contribution in [0.25, 0.3) is 0 Å². The summed E-state index contributed by atoms with van der Waals surface area (Å²) in [4.78, 5) is 11.4. The van der Waals surface area contributed by atoms with E-state index >= 15 is 0 Å². The average Bonchev–Trinajstić information content (AvgIpc) is 2.36. The van der Waals surface area contributed by atoms with Gasteiger partial charge in [0.15, 0.2) is 0 Å². The number of esters is 1. The fourth-order valence-electron chi connectivity index (χ4n) is 2.48. The number of ether oxygens (including phenoxy) is 1. The van der Waals surface area contributed by atoms with Crippen LogP contribution in [0.15, 0.2) is 24.3 Å². The van der Waals surface area contributed by atoms with Gasteiger partial charge in [0, 0.05) is 6.04 Å². The molecule has 0 aromatic heterocycles. The number of carbonyl (C=O) groups excluding carboxylic acids is 1. The van der Waals surface area contributed by atoms with Crippen molar-refractivity contribution in [2.45, 2.75) is 58.9 Å². The van der Waals surface area contributed by atoms with Gasteiger partial charge in [-0.2, -0.15) is 0 Å². The van der Waals surface area contributed by atoms with Gasteiger partial charge < -0.3 is 10.5 Å². The molecule has 0 aliphatic heterocycles. The van der Waals surface area contributed by atoms with Crippen molar-refractivity contribution in [1.29, 1.82) is 0 Å². The number of hydrogen-bond acceptors (Lipinski definition) is 3. The highest BCUT2D eigenvalue weighted by molar-refractivity contribution is 5.69. The number of nitrogens with two attached hydrogens (primary N) is 1. The first-order chi connectivity index (χ1) is 9.55. The Morgan fingerprint density at radius 1 is 1.14 bits per heavy atom. The van der Waals surface area contributed by atoms with Gasteiger partial charge in [0.05, 0.1) is 13.5 Å². The summed E-state index contributed by atoms with van der Waals surface area (Å²) in [6, 6.07) is 8.41. The minimum atomic E-state index is -0.185. The Morgan fingerprint density at radius 2 is 1.67 bits per heavy atom. The van der Waals surface area contributed by atoms with E-state index in [2.05, 4.69) is 45.0 Å². The van der Waals surface area contributed by atoms with Crippen LogP contribution in [0, 0.1) is 5.41 Å². The van der Waals surface area contributed by atoms with Crippen molar-refractivity contribution in [3.05, 3.63) is 35.4 Å². The summed E-state index contributed by atoms with van der Waals surface area (Å²) < 4.78 is 4.75. The molecule has 1 aromatic rings. The zero-order valence-electron chi connectivity index (χ0n) is 14.2. The van der Waals surface area contributed by atoms with Crippen molar-refractivity contribution in [3.8, 4) is 0 Å². The molecule has 0 saturated carbocycles. The second-order valence-corrected chi connectivity index (χ2v) is 7.60. The molecule has 3 nitrogen and oxygen atoms in total. The van der Waals surface area contributed by atoms with Crippen LogP contribution in [0.3, 0.4) is 0 Å². The van der Waals surface area contributed by atoms with E-state index in [9.17, 15) is 4.79 Å². The van der Waals surface area contributed by atoms with Gasteiger partial charge in [-0.15, -0.1) is 0 Å². The van der Waals surface area contributed by atoms with Crippen molar-refractivity contribution in [1.82, 2.24) is 0 Å². The van der Waals surface area contributed by atoms with Crippen LogP contribution in [0.4, 0.5) is 0 Å². The molecule has 1 rings (SSSR count). The lowest BCUT2D eigenvalue weighted by atomic mass is 9.80. The largest absolute Gasteiger partial charge is 0.469 e. The number of carbonyl (C=O) groups is 1. The minimum absolute atomic E-state index is 0.0707. The van der Waals surface area contributed by atoms with E-state index in [0.29, 0.717) is 6.42 Å². The Kier molecular flexibility index (Phi) is 5.57. The second kappa shape index (κ2) is 6.61. The third kappa shape index (κ3) is 5.50. The van der Waals surface area contributed by atoms with Crippen LogP contribution in [0.5, 0.6) is 0 Å². The van der Waals surface area contributed by atoms with Crippen LogP contribution in [-0.2, 0) is 14.9 Å². The summed E-state index contributed by atoms with van der Waals surface area (Å²) >= 11 is 0. The molecule has 0 saturated heterocycles. The summed E-state index contributed by atoms with van der Waals surface area (Å²) in [7, 11) is 1.42. The first-order valence-electron chi connectivity index (χ1n) is 7.48. The summed E-state index contributed by atoms with van der Waals surface area (Å²) in [5.74, 6) is -0.185. The van der Waals surface area contributed by atoms with E-state index in [1.165, 1.54) is 12.7 Å². The number of hydrogen-bond donors (Lipinski definition) is 1. The Morgan fingerprint density at radius 3 is 2.10 bits per heavy atom. The van der Waals surface area contributed by atoms with Gasteiger partial charge in [-0.1, -0.05) is 58.9 Å². The van der Waals surface area contributed by atoms with Gasteiger partial charge in [0.1, 0.15) is 0 Å². The molecule has 0 heterocycles. The molecule has 0 aliphatic carbocycles. The van der Waals surface area contributed by atoms with Gasteiger partial charge in [-0.3, -0.25) is 4.79 Å². The lowest BCUT2D eigenvalue weighted by Gasteiger charge is -2.27. The van der Waals surface area contributed by atoms with Crippen molar-refractivity contribution >= 4 is 5.97 Å². The van der Waals surface area contributed by atoms with Gasteiger partial charge in [-0.05, 0) is 28.4 Å². The predicted molar refractivity (Wildman–Crippen MR) is 87.1 cm³/mol. The maximum absolute atomic E-state index is 11.4. The topological polar surface area (TPSA) is 52.3 Å². The van der Waals surface area contributed by atoms with E-state index in [1.54, 1.807) is 0 Å². The van der Waals surface area contributed by atoms with E-state index in [1.807, 2.05) is 13.8 Å². The molecule has 0 amide bonds. The first-order valence-corrected chi connectivity index (χ1v) is 7.48. The fraction of sp³-hybridized carbons (Fsp3) is 0.611. The lowest BCUT2D eigenvalue weighted by Crippen LogP contribution is -2.24. The summed E-state index contributed by atoms with van der Waals surface area (Å²) in [5.41, 5.74) is 8.69. The summed E-state index contributed by atoms with van der Waals surface area (Å²) in [6.45, 7) is 10.7. The van der Waals surface area contributed by atoms with E-state index in [-0.39, 0.29) is 22.8 Å². The monoisotopic (exact) mass is 291 g/mol. The van der Waals surface area contributed by atoms with Crippen LogP contribution in [0.1, 0.15) is 64.6 Å². The molecular weight excluding hydrogens is 262 g/mol. The van der Waals surface area contributed by atoms with Crippen molar-refractivity contribution < 1.29 is 9.53 Å². The smallest absolute Gasteiger partial charge is 0.306 e. The lowest BCUT2D eigenvalue weighted by molar-refractivity contribution is -0.143. The zero-order valence-corrected chi connectivity index (χ0v) is 14.2. The SMILES string of the molecule is COC(=O)CC(C)(C)CC(N)c1ccc(C(C)(C)C)cc1. The predicted octanol–water partition coefficient (Wildman–Crippen LogP) is 3.96. The molecule has 1 unspecified atom stereocenters. The van der Waals surface area contributed by atoms with Crippen LogP contribution in [-0.4, -0.2) is 13.1 Å². The van der Waals surface area contributed by atoms with Crippen molar-refractivity contribution in [2.24, 2.45) is 11.1 Å². The fourth-order valence-corrected chi connectivity index (χ4v) is 2.48.